The molecule has 1 aromatic carbocycles. The molecule has 0 spiro atoms. The van der Waals surface area contributed by atoms with Gasteiger partial charge in [0.25, 0.3) is 5.91 Å². The van der Waals surface area contributed by atoms with Crippen LogP contribution in [0.4, 0.5) is 4.39 Å². The minimum Gasteiger partial charge on any atom is -0.373 e. The highest BCUT2D eigenvalue weighted by Gasteiger charge is 2.24. The third kappa shape index (κ3) is 3.07. The molecule has 18 heavy (non-hydrogen) atoms. The van der Waals surface area contributed by atoms with E-state index < -0.39 is 5.82 Å². The van der Waals surface area contributed by atoms with Crippen LogP contribution in [0.2, 0.25) is 0 Å². The van der Waals surface area contributed by atoms with Gasteiger partial charge < -0.3 is 15.4 Å². The molecule has 98 valence electrons. The van der Waals surface area contributed by atoms with Crippen molar-refractivity contribution in [3.63, 3.8) is 0 Å². The Morgan fingerprint density at radius 1 is 1.56 bits per heavy atom. The SMILES string of the molecule is NCC1CN(C(=O)c2cc(F)cc(Br)c2)CCO1. The van der Waals surface area contributed by atoms with Crippen LogP contribution in [0.25, 0.3) is 0 Å². The number of hydrogen-bond donors (Lipinski definition) is 1. The number of rotatable bonds is 2. The molecule has 1 aliphatic rings. The zero-order valence-corrected chi connectivity index (χ0v) is 11.3. The van der Waals surface area contributed by atoms with Gasteiger partial charge in [-0.3, -0.25) is 4.79 Å². The molecule has 6 heteroatoms. The van der Waals surface area contributed by atoms with E-state index in [1.165, 1.54) is 12.1 Å². The predicted octanol–water partition coefficient (Wildman–Crippen LogP) is 1.39. The summed E-state index contributed by atoms with van der Waals surface area (Å²) in [4.78, 5) is 13.8. The third-order valence-corrected chi connectivity index (χ3v) is 3.26. The summed E-state index contributed by atoms with van der Waals surface area (Å²) in [5.74, 6) is -0.631. The average Bonchev–Trinajstić information content (AvgIpc) is 2.37. The molecule has 1 unspecified atom stereocenters. The summed E-state index contributed by atoms with van der Waals surface area (Å²) in [6.45, 7) is 1.79. The van der Waals surface area contributed by atoms with Gasteiger partial charge in [0.15, 0.2) is 0 Å². The van der Waals surface area contributed by atoms with E-state index in [1.54, 1.807) is 11.0 Å². The summed E-state index contributed by atoms with van der Waals surface area (Å²) >= 11 is 3.18. The van der Waals surface area contributed by atoms with E-state index in [9.17, 15) is 9.18 Å². The van der Waals surface area contributed by atoms with E-state index in [-0.39, 0.29) is 12.0 Å². The van der Waals surface area contributed by atoms with Crippen molar-refractivity contribution in [2.24, 2.45) is 5.73 Å². The highest BCUT2D eigenvalue weighted by atomic mass is 79.9. The number of hydrogen-bond acceptors (Lipinski definition) is 3. The smallest absolute Gasteiger partial charge is 0.254 e. The Morgan fingerprint density at radius 3 is 3.00 bits per heavy atom. The first-order chi connectivity index (χ1) is 8.60. The lowest BCUT2D eigenvalue weighted by molar-refractivity contribution is -0.0167. The van der Waals surface area contributed by atoms with Crippen LogP contribution in [0.3, 0.4) is 0 Å². The van der Waals surface area contributed by atoms with Crippen LogP contribution in [0.15, 0.2) is 22.7 Å². The number of nitrogens with zero attached hydrogens (tertiary/aromatic N) is 1. The maximum atomic E-state index is 13.3. The van der Waals surface area contributed by atoms with Crippen LogP contribution in [-0.4, -0.2) is 43.2 Å². The Kier molecular flexibility index (Phi) is 4.31. The van der Waals surface area contributed by atoms with E-state index in [1.807, 2.05) is 0 Å². The van der Waals surface area contributed by atoms with Crippen molar-refractivity contribution in [3.05, 3.63) is 34.1 Å². The van der Waals surface area contributed by atoms with Gasteiger partial charge in [-0.2, -0.15) is 0 Å². The quantitative estimate of drug-likeness (QED) is 0.897. The van der Waals surface area contributed by atoms with Crippen molar-refractivity contribution in [2.75, 3.05) is 26.2 Å². The summed E-state index contributed by atoms with van der Waals surface area (Å²) in [6.07, 6.45) is -0.139. The second-order valence-corrected chi connectivity index (χ2v) is 5.05. The molecule has 1 heterocycles. The maximum absolute atomic E-state index is 13.3. The molecule has 2 N–H and O–H groups in total. The number of amides is 1. The summed E-state index contributed by atoms with van der Waals surface area (Å²) in [6, 6.07) is 4.16. The predicted molar refractivity (Wildman–Crippen MR) is 68.8 cm³/mol. The van der Waals surface area contributed by atoms with Crippen LogP contribution in [0.5, 0.6) is 0 Å². The van der Waals surface area contributed by atoms with Gasteiger partial charge in [0.05, 0.1) is 12.7 Å². The Balaban J connectivity index is 2.15. The Morgan fingerprint density at radius 2 is 2.33 bits per heavy atom. The van der Waals surface area contributed by atoms with E-state index >= 15 is 0 Å². The van der Waals surface area contributed by atoms with Crippen LogP contribution in [0, 0.1) is 5.82 Å². The molecule has 1 saturated heterocycles. The van der Waals surface area contributed by atoms with E-state index in [2.05, 4.69) is 15.9 Å². The topological polar surface area (TPSA) is 55.6 Å². The molecule has 1 fully saturated rings. The first kappa shape index (κ1) is 13.5. The van der Waals surface area contributed by atoms with Crippen LogP contribution >= 0.6 is 15.9 Å². The zero-order valence-electron chi connectivity index (χ0n) is 9.73. The third-order valence-electron chi connectivity index (χ3n) is 2.80. The number of benzene rings is 1. The molecule has 0 radical (unpaired) electrons. The number of carbonyl (C=O) groups excluding carboxylic acids is 1. The molecule has 4 nitrogen and oxygen atoms in total. The fourth-order valence-electron chi connectivity index (χ4n) is 1.91. The summed E-state index contributed by atoms with van der Waals surface area (Å²) in [5.41, 5.74) is 5.85. The first-order valence-corrected chi connectivity index (χ1v) is 6.46. The van der Waals surface area contributed by atoms with Gasteiger partial charge in [-0.1, -0.05) is 15.9 Å². The van der Waals surface area contributed by atoms with Crippen LogP contribution in [-0.2, 0) is 4.74 Å². The Bertz CT molecular complexity index is 435. The van der Waals surface area contributed by atoms with E-state index in [0.29, 0.717) is 36.3 Å². The lowest BCUT2D eigenvalue weighted by Crippen LogP contribution is -2.48. The normalized spacial score (nSPS) is 19.9. The molecule has 2 rings (SSSR count). The van der Waals surface area contributed by atoms with Gasteiger partial charge in [0, 0.05) is 29.7 Å². The number of halogens is 2. The first-order valence-electron chi connectivity index (χ1n) is 5.67. The van der Waals surface area contributed by atoms with Crippen molar-refractivity contribution in [3.8, 4) is 0 Å². The highest BCUT2D eigenvalue weighted by molar-refractivity contribution is 9.10. The van der Waals surface area contributed by atoms with Gasteiger partial charge >= 0.3 is 0 Å². The second-order valence-electron chi connectivity index (χ2n) is 4.14. The Labute approximate surface area is 113 Å². The number of morpholine rings is 1. The fraction of sp³-hybridized carbons (Fsp3) is 0.417. The van der Waals surface area contributed by atoms with Crippen molar-refractivity contribution >= 4 is 21.8 Å². The molecule has 1 amide bonds. The summed E-state index contributed by atoms with van der Waals surface area (Å²) in [7, 11) is 0. The molecule has 1 atom stereocenters. The van der Waals surface area contributed by atoms with Crippen molar-refractivity contribution in [2.45, 2.75) is 6.10 Å². The van der Waals surface area contributed by atoms with Gasteiger partial charge in [-0.25, -0.2) is 4.39 Å². The molecule has 1 aliphatic heterocycles. The lowest BCUT2D eigenvalue weighted by Gasteiger charge is -2.32. The molecule has 0 bridgehead atoms. The van der Waals surface area contributed by atoms with Crippen LogP contribution in [0.1, 0.15) is 10.4 Å². The molecule has 0 aliphatic carbocycles. The van der Waals surface area contributed by atoms with Gasteiger partial charge in [0.1, 0.15) is 5.82 Å². The van der Waals surface area contributed by atoms with Crippen molar-refractivity contribution < 1.29 is 13.9 Å². The molecule has 1 aromatic rings. The minimum absolute atomic E-state index is 0.139. The van der Waals surface area contributed by atoms with Crippen LogP contribution < -0.4 is 5.73 Å². The molecule has 0 aromatic heterocycles. The summed E-state index contributed by atoms with van der Waals surface area (Å²) < 4.78 is 19.2. The number of ether oxygens (including phenoxy) is 1. The molecular formula is C12H14BrFN2O2. The van der Waals surface area contributed by atoms with Gasteiger partial charge in [-0.15, -0.1) is 0 Å². The van der Waals surface area contributed by atoms with Crippen molar-refractivity contribution in [1.29, 1.82) is 0 Å². The second kappa shape index (κ2) is 5.77. The van der Waals surface area contributed by atoms with Gasteiger partial charge in [0.2, 0.25) is 0 Å². The maximum Gasteiger partial charge on any atom is 0.254 e. The minimum atomic E-state index is -0.434. The number of nitrogens with two attached hydrogens (primary N) is 1. The average molecular weight is 317 g/mol. The van der Waals surface area contributed by atoms with E-state index in [4.69, 9.17) is 10.5 Å². The number of carbonyl (C=O) groups is 1. The standard InChI is InChI=1S/C12H14BrFN2O2/c13-9-3-8(4-10(14)5-9)12(17)16-1-2-18-11(6-15)7-16/h3-5,11H,1-2,6-7,15H2. The molecule has 0 saturated carbocycles. The highest BCUT2D eigenvalue weighted by Crippen LogP contribution is 2.17. The monoisotopic (exact) mass is 316 g/mol. The fourth-order valence-corrected chi connectivity index (χ4v) is 2.37. The molecular weight excluding hydrogens is 303 g/mol. The zero-order chi connectivity index (χ0) is 13.1. The van der Waals surface area contributed by atoms with E-state index in [0.717, 1.165) is 0 Å². The lowest BCUT2D eigenvalue weighted by atomic mass is 10.1. The van der Waals surface area contributed by atoms with Crippen molar-refractivity contribution in [1.82, 2.24) is 4.90 Å². The van der Waals surface area contributed by atoms with Gasteiger partial charge in [-0.05, 0) is 18.2 Å². The largest absolute Gasteiger partial charge is 0.373 e. The Hall–Kier alpha value is -0.980. The summed E-state index contributed by atoms with van der Waals surface area (Å²) in [5, 5.41) is 0.